The first-order valence-electron chi connectivity index (χ1n) is 10.9. The number of carbonyl (C=O) groups excluding carboxylic acids is 1. The lowest BCUT2D eigenvalue weighted by molar-refractivity contribution is -0.143. The molecule has 0 aromatic heterocycles. The molecule has 0 aliphatic carbocycles. The van der Waals surface area contributed by atoms with Crippen LogP contribution in [0.4, 0.5) is 0 Å². The van der Waals surface area contributed by atoms with Gasteiger partial charge in [-0.2, -0.15) is 0 Å². The third kappa shape index (κ3) is 5.87. The number of rotatable bonds is 12. The Bertz CT molecular complexity index is 629. The fourth-order valence-electron chi connectivity index (χ4n) is 4.12. The zero-order valence-electron chi connectivity index (χ0n) is 17.0. The van der Waals surface area contributed by atoms with Gasteiger partial charge in [0.25, 0.3) is 0 Å². The summed E-state index contributed by atoms with van der Waals surface area (Å²) >= 11 is 0. The van der Waals surface area contributed by atoms with Gasteiger partial charge in [-0.05, 0) is 43.9 Å². The third-order valence-electron chi connectivity index (χ3n) is 5.92. The molecule has 3 atom stereocenters. The van der Waals surface area contributed by atoms with E-state index < -0.39 is 6.10 Å². The molecule has 1 fully saturated rings. The first-order chi connectivity index (χ1) is 13.6. The van der Waals surface area contributed by atoms with E-state index >= 15 is 0 Å². The first-order valence-corrected chi connectivity index (χ1v) is 10.9. The zero-order valence-corrected chi connectivity index (χ0v) is 17.0. The molecule has 0 amide bonds. The second-order valence-electron chi connectivity index (χ2n) is 8.15. The van der Waals surface area contributed by atoms with Gasteiger partial charge in [0.1, 0.15) is 12.2 Å². The number of cyclic esters (lactones) is 1. The molecule has 5 heteroatoms. The lowest BCUT2D eigenvalue weighted by atomic mass is 9.95. The number of benzene rings is 1. The van der Waals surface area contributed by atoms with E-state index in [2.05, 4.69) is 12.1 Å². The minimum absolute atomic E-state index is 0.222. The van der Waals surface area contributed by atoms with Crippen molar-refractivity contribution in [3.63, 3.8) is 0 Å². The second-order valence-corrected chi connectivity index (χ2v) is 8.15. The van der Waals surface area contributed by atoms with E-state index in [-0.39, 0.29) is 18.0 Å². The largest absolute Gasteiger partial charge is 0.460 e. The van der Waals surface area contributed by atoms with Crippen LogP contribution in [-0.2, 0) is 16.0 Å². The minimum atomic E-state index is -0.620. The minimum Gasteiger partial charge on any atom is -0.460 e. The molecule has 1 aromatic rings. The SMILES string of the molecule is CC1OC(=O)C(CCCCCCCCCCCc2ccc3c(c2)OCO3)C1O. The molecule has 156 valence electrons. The van der Waals surface area contributed by atoms with Crippen LogP contribution >= 0.6 is 0 Å². The van der Waals surface area contributed by atoms with Crippen LogP contribution in [0.15, 0.2) is 18.2 Å². The summed E-state index contributed by atoms with van der Waals surface area (Å²) in [6.07, 6.45) is 11.9. The van der Waals surface area contributed by atoms with Gasteiger partial charge < -0.3 is 19.3 Å². The summed E-state index contributed by atoms with van der Waals surface area (Å²) in [5.41, 5.74) is 1.33. The number of fused-ring (bicyclic) bond motifs is 1. The fraction of sp³-hybridized carbons (Fsp3) is 0.696. The fourth-order valence-corrected chi connectivity index (χ4v) is 4.12. The number of aryl methyl sites for hydroxylation is 1. The van der Waals surface area contributed by atoms with E-state index in [4.69, 9.17) is 14.2 Å². The molecule has 0 spiro atoms. The quantitative estimate of drug-likeness (QED) is 0.411. The summed E-state index contributed by atoms with van der Waals surface area (Å²) in [7, 11) is 0. The van der Waals surface area contributed by atoms with Gasteiger partial charge in [0.15, 0.2) is 11.5 Å². The van der Waals surface area contributed by atoms with E-state index in [1.54, 1.807) is 6.92 Å². The number of esters is 1. The number of aliphatic hydroxyl groups excluding tert-OH is 1. The summed E-state index contributed by atoms with van der Waals surface area (Å²) in [5.74, 6) is 1.21. The van der Waals surface area contributed by atoms with Crippen LogP contribution < -0.4 is 9.47 Å². The molecule has 2 aliphatic rings. The van der Waals surface area contributed by atoms with Crippen LogP contribution in [0.3, 0.4) is 0 Å². The molecule has 0 saturated carbocycles. The van der Waals surface area contributed by atoms with Gasteiger partial charge in [-0.15, -0.1) is 0 Å². The Hall–Kier alpha value is -1.75. The van der Waals surface area contributed by atoms with E-state index in [0.29, 0.717) is 6.79 Å². The van der Waals surface area contributed by atoms with E-state index in [0.717, 1.165) is 37.2 Å². The van der Waals surface area contributed by atoms with Gasteiger partial charge in [0, 0.05) is 0 Å². The molecule has 0 bridgehead atoms. The molecule has 0 radical (unpaired) electrons. The van der Waals surface area contributed by atoms with Gasteiger partial charge in [-0.25, -0.2) is 0 Å². The van der Waals surface area contributed by atoms with Crippen molar-refractivity contribution < 1.29 is 24.1 Å². The van der Waals surface area contributed by atoms with E-state index in [9.17, 15) is 9.90 Å². The van der Waals surface area contributed by atoms with Gasteiger partial charge in [0.05, 0.1) is 5.92 Å². The van der Waals surface area contributed by atoms with Crippen molar-refractivity contribution in [1.29, 1.82) is 0 Å². The van der Waals surface area contributed by atoms with Crippen LogP contribution in [-0.4, -0.2) is 30.1 Å². The van der Waals surface area contributed by atoms with Gasteiger partial charge >= 0.3 is 5.97 Å². The molecule has 3 rings (SSSR count). The summed E-state index contributed by atoms with van der Waals surface area (Å²) < 4.78 is 15.8. The Morgan fingerprint density at radius 1 is 0.929 bits per heavy atom. The second kappa shape index (κ2) is 10.7. The van der Waals surface area contributed by atoms with E-state index in [1.165, 1.54) is 50.5 Å². The third-order valence-corrected chi connectivity index (χ3v) is 5.92. The number of hydrogen-bond donors (Lipinski definition) is 1. The first kappa shape index (κ1) is 21.0. The molecule has 3 unspecified atom stereocenters. The van der Waals surface area contributed by atoms with Crippen LogP contribution in [0.25, 0.3) is 0 Å². The number of carbonyl (C=O) groups is 1. The Balaban J connectivity index is 1.13. The van der Waals surface area contributed by atoms with Crippen LogP contribution in [0, 0.1) is 5.92 Å². The predicted octanol–water partition coefficient (Wildman–Crippen LogP) is 4.78. The van der Waals surface area contributed by atoms with Crippen molar-refractivity contribution in [2.24, 2.45) is 5.92 Å². The van der Waals surface area contributed by atoms with Crippen LogP contribution in [0.1, 0.15) is 76.7 Å². The summed E-state index contributed by atoms with van der Waals surface area (Å²) in [6, 6.07) is 6.25. The molecule has 2 aliphatic heterocycles. The lowest BCUT2D eigenvalue weighted by Crippen LogP contribution is -2.24. The average molecular weight is 391 g/mol. The summed E-state index contributed by atoms with van der Waals surface area (Å²) in [5, 5.41) is 9.93. The maximum atomic E-state index is 11.6. The Morgan fingerprint density at radius 2 is 1.57 bits per heavy atom. The highest BCUT2D eigenvalue weighted by Crippen LogP contribution is 2.33. The molecule has 2 heterocycles. The maximum Gasteiger partial charge on any atom is 0.312 e. The topological polar surface area (TPSA) is 65.0 Å². The molecule has 1 saturated heterocycles. The van der Waals surface area contributed by atoms with Gasteiger partial charge in [-0.1, -0.05) is 57.4 Å². The summed E-state index contributed by atoms with van der Waals surface area (Å²) in [4.78, 5) is 11.6. The van der Waals surface area contributed by atoms with Gasteiger partial charge in [-0.3, -0.25) is 4.79 Å². The van der Waals surface area contributed by atoms with Crippen molar-refractivity contribution >= 4 is 5.97 Å². The smallest absolute Gasteiger partial charge is 0.312 e. The van der Waals surface area contributed by atoms with Crippen molar-refractivity contribution in [2.45, 2.75) is 89.8 Å². The number of unbranched alkanes of at least 4 members (excludes halogenated alkanes) is 8. The number of ether oxygens (including phenoxy) is 3. The van der Waals surface area contributed by atoms with Crippen molar-refractivity contribution in [3.05, 3.63) is 23.8 Å². The standard InChI is InChI=1S/C23H34O5/c1-17-22(24)19(23(25)28-17)12-10-8-6-4-2-3-5-7-9-11-18-13-14-20-21(15-18)27-16-26-20/h13-15,17,19,22,24H,2-12,16H2,1H3. The van der Waals surface area contributed by atoms with Crippen LogP contribution in [0.5, 0.6) is 11.5 Å². The molecule has 1 aromatic carbocycles. The molecular formula is C23H34O5. The van der Waals surface area contributed by atoms with Crippen LogP contribution in [0.2, 0.25) is 0 Å². The van der Waals surface area contributed by atoms with Crippen molar-refractivity contribution in [1.82, 2.24) is 0 Å². The Morgan fingerprint density at radius 3 is 2.25 bits per heavy atom. The van der Waals surface area contributed by atoms with Crippen molar-refractivity contribution in [3.8, 4) is 11.5 Å². The molecular weight excluding hydrogens is 356 g/mol. The maximum absolute atomic E-state index is 11.6. The highest BCUT2D eigenvalue weighted by Gasteiger charge is 2.40. The zero-order chi connectivity index (χ0) is 19.8. The highest BCUT2D eigenvalue weighted by molar-refractivity contribution is 5.75. The molecule has 1 N–H and O–H groups in total. The summed E-state index contributed by atoms with van der Waals surface area (Å²) in [6.45, 7) is 2.10. The monoisotopic (exact) mass is 390 g/mol. The average Bonchev–Trinajstić information content (AvgIpc) is 3.24. The molecule has 28 heavy (non-hydrogen) atoms. The normalized spacial score (nSPS) is 23.2. The van der Waals surface area contributed by atoms with Crippen molar-refractivity contribution in [2.75, 3.05) is 6.79 Å². The number of hydrogen-bond acceptors (Lipinski definition) is 5. The van der Waals surface area contributed by atoms with Gasteiger partial charge in [0.2, 0.25) is 6.79 Å². The Kier molecular flexibility index (Phi) is 8.01. The lowest BCUT2D eigenvalue weighted by Gasteiger charge is -2.11. The highest BCUT2D eigenvalue weighted by atomic mass is 16.7. The predicted molar refractivity (Wildman–Crippen MR) is 107 cm³/mol. The number of aliphatic hydroxyl groups is 1. The Labute approximate surface area is 168 Å². The molecule has 5 nitrogen and oxygen atoms in total. The van der Waals surface area contributed by atoms with E-state index in [1.807, 2.05) is 6.07 Å².